The first-order chi connectivity index (χ1) is 8.97. The van der Waals surface area contributed by atoms with Crippen LogP contribution in [-0.2, 0) is 0 Å². The van der Waals surface area contributed by atoms with Gasteiger partial charge in [-0.25, -0.2) is 9.78 Å². The number of carbonyl (C=O) groups is 1. The lowest BCUT2D eigenvalue weighted by atomic mass is 10.1. The number of hydrogen-bond acceptors (Lipinski definition) is 4. The van der Waals surface area contributed by atoms with Gasteiger partial charge in [-0.05, 0) is 44.5 Å². The molecule has 1 N–H and O–H groups in total. The Morgan fingerprint density at radius 3 is 2.68 bits per heavy atom. The molecule has 0 saturated heterocycles. The molecule has 4 nitrogen and oxygen atoms in total. The van der Waals surface area contributed by atoms with E-state index in [-0.39, 0.29) is 11.8 Å². The van der Waals surface area contributed by atoms with E-state index in [9.17, 15) is 4.79 Å². The molecular weight excluding hydrogens is 262 g/mol. The number of aromatic nitrogens is 1. The molecule has 0 saturated carbocycles. The van der Waals surface area contributed by atoms with Crippen molar-refractivity contribution in [2.45, 2.75) is 26.9 Å². The normalized spacial score (nSPS) is 10.7. The van der Waals surface area contributed by atoms with Gasteiger partial charge in [-0.1, -0.05) is 0 Å². The highest BCUT2D eigenvalue weighted by atomic mass is 32.1. The lowest BCUT2D eigenvalue weighted by molar-refractivity contribution is 0.0691. The lowest BCUT2D eigenvalue weighted by Crippen LogP contribution is -2.06. The van der Waals surface area contributed by atoms with Gasteiger partial charge in [0, 0.05) is 10.9 Å². The van der Waals surface area contributed by atoms with Crippen LogP contribution in [0, 0.1) is 6.92 Å². The summed E-state index contributed by atoms with van der Waals surface area (Å²) in [4.78, 5) is 14.9. The molecule has 2 aromatic rings. The Kier molecular flexibility index (Phi) is 3.85. The number of nitrogens with zero attached hydrogens (tertiary/aromatic N) is 1. The molecule has 0 spiro atoms. The van der Waals surface area contributed by atoms with Crippen LogP contribution < -0.4 is 4.74 Å². The highest BCUT2D eigenvalue weighted by molar-refractivity contribution is 7.13. The second kappa shape index (κ2) is 5.40. The minimum atomic E-state index is -1.00. The van der Waals surface area contributed by atoms with Crippen molar-refractivity contribution >= 4 is 17.3 Å². The molecule has 0 radical (unpaired) electrons. The summed E-state index contributed by atoms with van der Waals surface area (Å²) in [5, 5.41) is 11.1. The summed E-state index contributed by atoms with van der Waals surface area (Å²) in [5.41, 5.74) is 2.00. The summed E-state index contributed by atoms with van der Waals surface area (Å²) >= 11 is 1.33. The van der Waals surface area contributed by atoms with Gasteiger partial charge in [-0.15, -0.1) is 11.3 Å². The monoisotopic (exact) mass is 277 g/mol. The Morgan fingerprint density at radius 1 is 1.42 bits per heavy atom. The number of aromatic carboxylic acids is 1. The highest BCUT2D eigenvalue weighted by Gasteiger charge is 2.11. The predicted molar refractivity (Wildman–Crippen MR) is 75.0 cm³/mol. The number of carboxylic acids is 1. The standard InChI is InChI=1S/C14H15NO3S/c1-8(2)18-12-5-4-10(6-9(12)3)13-15-11(7-19-13)14(16)17/h4-8H,1-3H3,(H,16,17). The largest absolute Gasteiger partial charge is 0.491 e. The van der Waals surface area contributed by atoms with E-state index in [1.165, 1.54) is 11.3 Å². The maximum absolute atomic E-state index is 10.8. The van der Waals surface area contributed by atoms with Gasteiger partial charge in [0.15, 0.2) is 5.69 Å². The Bertz CT molecular complexity index is 604. The number of aryl methyl sites for hydroxylation is 1. The maximum atomic E-state index is 10.8. The average Bonchev–Trinajstić information content (AvgIpc) is 2.80. The molecule has 0 aliphatic heterocycles. The van der Waals surface area contributed by atoms with Crippen LogP contribution in [-0.4, -0.2) is 22.2 Å². The van der Waals surface area contributed by atoms with Gasteiger partial charge in [0.05, 0.1) is 6.10 Å². The summed E-state index contributed by atoms with van der Waals surface area (Å²) < 4.78 is 5.67. The van der Waals surface area contributed by atoms with E-state index < -0.39 is 5.97 Å². The first kappa shape index (κ1) is 13.5. The molecule has 2 rings (SSSR count). The minimum Gasteiger partial charge on any atom is -0.491 e. The second-order valence-corrected chi connectivity index (χ2v) is 5.35. The lowest BCUT2D eigenvalue weighted by Gasteiger charge is -2.12. The highest BCUT2D eigenvalue weighted by Crippen LogP contribution is 2.29. The molecule has 5 heteroatoms. The van der Waals surface area contributed by atoms with Crippen molar-refractivity contribution in [1.82, 2.24) is 4.98 Å². The Balaban J connectivity index is 2.30. The van der Waals surface area contributed by atoms with Crippen LogP contribution in [0.1, 0.15) is 29.9 Å². The fraction of sp³-hybridized carbons (Fsp3) is 0.286. The molecule has 0 bridgehead atoms. The van der Waals surface area contributed by atoms with Gasteiger partial charge in [0.1, 0.15) is 10.8 Å². The number of ether oxygens (including phenoxy) is 1. The molecule has 0 aliphatic carbocycles. The van der Waals surface area contributed by atoms with Crippen molar-refractivity contribution in [1.29, 1.82) is 0 Å². The molecule has 1 aromatic carbocycles. The average molecular weight is 277 g/mol. The van der Waals surface area contributed by atoms with Crippen LogP contribution in [0.4, 0.5) is 0 Å². The van der Waals surface area contributed by atoms with Crippen LogP contribution in [0.5, 0.6) is 5.75 Å². The SMILES string of the molecule is Cc1cc(-c2nc(C(=O)O)cs2)ccc1OC(C)C. The van der Waals surface area contributed by atoms with Crippen molar-refractivity contribution < 1.29 is 14.6 Å². The molecule has 1 aromatic heterocycles. The van der Waals surface area contributed by atoms with Crippen molar-refractivity contribution in [2.75, 3.05) is 0 Å². The summed E-state index contributed by atoms with van der Waals surface area (Å²) in [7, 11) is 0. The van der Waals surface area contributed by atoms with E-state index in [0.29, 0.717) is 5.01 Å². The molecule has 0 amide bonds. The van der Waals surface area contributed by atoms with Crippen LogP contribution in [0.15, 0.2) is 23.6 Å². The van der Waals surface area contributed by atoms with E-state index in [4.69, 9.17) is 9.84 Å². The zero-order valence-electron chi connectivity index (χ0n) is 11.0. The van der Waals surface area contributed by atoms with E-state index in [2.05, 4.69) is 4.98 Å². The van der Waals surface area contributed by atoms with Crippen molar-refractivity contribution in [3.8, 4) is 16.3 Å². The van der Waals surface area contributed by atoms with Gasteiger partial charge < -0.3 is 9.84 Å². The van der Waals surface area contributed by atoms with Crippen molar-refractivity contribution in [2.24, 2.45) is 0 Å². The van der Waals surface area contributed by atoms with Crippen molar-refractivity contribution in [3.63, 3.8) is 0 Å². The fourth-order valence-corrected chi connectivity index (χ4v) is 2.46. The molecule has 0 atom stereocenters. The number of hydrogen-bond donors (Lipinski definition) is 1. The number of rotatable bonds is 4. The molecule has 100 valence electrons. The summed E-state index contributed by atoms with van der Waals surface area (Å²) in [6.45, 7) is 5.92. The third-order valence-corrected chi connectivity index (χ3v) is 3.40. The van der Waals surface area contributed by atoms with Gasteiger partial charge >= 0.3 is 5.97 Å². The van der Waals surface area contributed by atoms with Crippen LogP contribution in [0.3, 0.4) is 0 Å². The zero-order chi connectivity index (χ0) is 14.0. The third kappa shape index (κ3) is 3.12. The summed E-state index contributed by atoms with van der Waals surface area (Å²) in [6.07, 6.45) is 0.128. The molecule has 0 unspecified atom stereocenters. The molecule has 19 heavy (non-hydrogen) atoms. The van der Waals surface area contributed by atoms with Gasteiger partial charge in [-0.2, -0.15) is 0 Å². The smallest absolute Gasteiger partial charge is 0.355 e. The fourth-order valence-electron chi connectivity index (χ4n) is 1.67. The van der Waals surface area contributed by atoms with E-state index in [1.807, 2.05) is 39.0 Å². The Hall–Kier alpha value is -1.88. The van der Waals surface area contributed by atoms with E-state index >= 15 is 0 Å². The quantitative estimate of drug-likeness (QED) is 0.927. The van der Waals surface area contributed by atoms with Crippen molar-refractivity contribution in [3.05, 3.63) is 34.8 Å². The summed E-state index contributed by atoms with van der Waals surface area (Å²) in [6, 6.07) is 5.75. The number of benzene rings is 1. The first-order valence-corrected chi connectivity index (χ1v) is 6.82. The molecule has 1 heterocycles. The number of carboxylic acid groups (broad SMARTS) is 1. The predicted octanol–water partition coefficient (Wildman–Crippen LogP) is 3.60. The second-order valence-electron chi connectivity index (χ2n) is 4.49. The minimum absolute atomic E-state index is 0.0835. The van der Waals surface area contributed by atoms with Gasteiger partial charge in [0.25, 0.3) is 0 Å². The molecule has 0 fully saturated rings. The number of thiazole rings is 1. The summed E-state index contributed by atoms with van der Waals surface area (Å²) in [5.74, 6) is -0.159. The van der Waals surface area contributed by atoms with Gasteiger partial charge in [-0.3, -0.25) is 0 Å². The first-order valence-electron chi connectivity index (χ1n) is 5.94. The molecule has 0 aliphatic rings. The van der Waals surface area contributed by atoms with Gasteiger partial charge in [0.2, 0.25) is 0 Å². The molecular formula is C14H15NO3S. The van der Waals surface area contributed by atoms with E-state index in [0.717, 1.165) is 16.9 Å². The topological polar surface area (TPSA) is 59.4 Å². The van der Waals surface area contributed by atoms with Crippen LogP contribution in [0.25, 0.3) is 10.6 Å². The van der Waals surface area contributed by atoms with E-state index in [1.54, 1.807) is 5.38 Å². The van der Waals surface area contributed by atoms with Crippen LogP contribution >= 0.6 is 11.3 Å². The Morgan fingerprint density at radius 2 is 2.16 bits per heavy atom. The maximum Gasteiger partial charge on any atom is 0.355 e. The Labute approximate surface area is 115 Å². The zero-order valence-corrected chi connectivity index (χ0v) is 11.8. The van der Waals surface area contributed by atoms with Crippen LogP contribution in [0.2, 0.25) is 0 Å². The third-order valence-electron chi connectivity index (χ3n) is 2.51.